The predicted molar refractivity (Wildman–Crippen MR) is 150 cm³/mol. The van der Waals surface area contributed by atoms with Gasteiger partial charge in [0.2, 0.25) is 23.6 Å². The summed E-state index contributed by atoms with van der Waals surface area (Å²) in [5, 5.41) is 37.3. The number of guanidine groups is 1. The van der Waals surface area contributed by atoms with Crippen molar-refractivity contribution in [2.75, 3.05) is 18.1 Å². The van der Waals surface area contributed by atoms with Crippen LogP contribution in [0.4, 0.5) is 0 Å². The minimum atomic E-state index is -1.66. The molecule has 0 radical (unpaired) electrons. The maximum absolute atomic E-state index is 13.1. The highest BCUT2D eigenvalue weighted by Crippen LogP contribution is 2.06. The summed E-state index contributed by atoms with van der Waals surface area (Å²) < 4.78 is 0. The third-order valence-corrected chi connectivity index (χ3v) is 6.01. The summed E-state index contributed by atoms with van der Waals surface area (Å²) in [6, 6.07) is -6.92. The highest BCUT2D eigenvalue weighted by molar-refractivity contribution is 7.80. The van der Waals surface area contributed by atoms with Crippen LogP contribution >= 0.6 is 25.3 Å². The molecule has 0 rings (SSSR count). The quantitative estimate of drug-likeness (QED) is 0.0285. The second-order valence-electron chi connectivity index (χ2n) is 8.60. The lowest BCUT2D eigenvalue weighted by Crippen LogP contribution is -2.60. The van der Waals surface area contributed by atoms with Gasteiger partial charge in [-0.1, -0.05) is 0 Å². The summed E-state index contributed by atoms with van der Waals surface area (Å²) in [5.74, 6) is -6.91. The molecule has 0 aromatic carbocycles. The molecular formula is C21H38N8O9S2. The lowest BCUT2D eigenvalue weighted by atomic mass is 10.1. The van der Waals surface area contributed by atoms with Gasteiger partial charge in [-0.25, -0.2) is 4.79 Å². The SMILES string of the molecule is C[C@@H](O)[C@H](NC(=O)[C@H](CCC(=O)O)NC(=O)[C@H](CCCN=C(N)N)NC(=O)[C@@H](N)CS)C(=O)N[C@@H](CS)C(=O)O. The number of amides is 4. The third kappa shape index (κ3) is 14.2. The monoisotopic (exact) mass is 610 g/mol. The van der Waals surface area contributed by atoms with Crippen LogP contribution in [-0.4, -0.2) is 111 Å². The van der Waals surface area contributed by atoms with Crippen LogP contribution in [0.3, 0.4) is 0 Å². The fourth-order valence-electron chi connectivity index (χ4n) is 3.05. The Kier molecular flexibility index (Phi) is 17.3. The van der Waals surface area contributed by atoms with E-state index in [0.29, 0.717) is 0 Å². The number of carboxylic acids is 2. The van der Waals surface area contributed by atoms with Gasteiger partial charge in [0.15, 0.2) is 5.96 Å². The van der Waals surface area contributed by atoms with Crippen LogP contribution < -0.4 is 38.5 Å². The van der Waals surface area contributed by atoms with Gasteiger partial charge in [0.05, 0.1) is 12.1 Å². The second-order valence-corrected chi connectivity index (χ2v) is 9.33. The molecule has 0 heterocycles. The zero-order chi connectivity index (χ0) is 31.0. The number of carbonyl (C=O) groups is 6. The highest BCUT2D eigenvalue weighted by Gasteiger charge is 2.33. The van der Waals surface area contributed by atoms with E-state index in [-0.39, 0.29) is 36.9 Å². The Hall–Kier alpha value is -3.29. The minimum absolute atomic E-state index is 0.0000754. The smallest absolute Gasteiger partial charge is 0.327 e. The molecule has 0 aromatic rings. The molecule has 17 nitrogen and oxygen atoms in total. The van der Waals surface area contributed by atoms with Crippen LogP contribution in [0.25, 0.3) is 0 Å². The first kappa shape index (κ1) is 36.7. The van der Waals surface area contributed by atoms with Crippen molar-refractivity contribution in [3.05, 3.63) is 0 Å². The van der Waals surface area contributed by atoms with Crippen molar-refractivity contribution in [1.29, 1.82) is 0 Å². The van der Waals surface area contributed by atoms with Crippen molar-refractivity contribution in [1.82, 2.24) is 21.3 Å². The second kappa shape index (κ2) is 18.9. The average Bonchev–Trinajstić information content (AvgIpc) is 2.87. The van der Waals surface area contributed by atoms with Crippen molar-refractivity contribution in [3.8, 4) is 0 Å². The van der Waals surface area contributed by atoms with E-state index >= 15 is 0 Å². The van der Waals surface area contributed by atoms with Gasteiger partial charge >= 0.3 is 11.9 Å². The topological polar surface area (TPSA) is 302 Å². The molecule has 0 aromatic heterocycles. The summed E-state index contributed by atoms with van der Waals surface area (Å²) in [5.41, 5.74) is 16.2. The third-order valence-electron chi connectivity index (χ3n) is 5.25. The Morgan fingerprint density at radius 1 is 0.800 bits per heavy atom. The highest BCUT2D eigenvalue weighted by atomic mass is 32.1. The minimum Gasteiger partial charge on any atom is -0.481 e. The van der Waals surface area contributed by atoms with Gasteiger partial charge in [0.1, 0.15) is 24.2 Å². The van der Waals surface area contributed by atoms with E-state index in [4.69, 9.17) is 27.4 Å². The fourth-order valence-corrected chi connectivity index (χ4v) is 3.46. The fraction of sp³-hybridized carbons (Fsp3) is 0.667. The molecule has 0 aliphatic heterocycles. The van der Waals surface area contributed by atoms with Crippen LogP contribution in [-0.2, 0) is 28.8 Å². The van der Waals surface area contributed by atoms with Crippen molar-refractivity contribution >= 4 is 66.8 Å². The van der Waals surface area contributed by atoms with Crippen molar-refractivity contribution in [2.45, 2.75) is 68.9 Å². The molecule has 0 saturated carbocycles. The molecule has 4 amide bonds. The Morgan fingerprint density at radius 2 is 1.32 bits per heavy atom. The first-order valence-electron chi connectivity index (χ1n) is 12.0. The zero-order valence-corrected chi connectivity index (χ0v) is 23.6. The first-order chi connectivity index (χ1) is 18.6. The maximum atomic E-state index is 13.1. The van der Waals surface area contributed by atoms with E-state index in [1.165, 1.54) is 0 Å². The Morgan fingerprint density at radius 3 is 1.80 bits per heavy atom. The lowest BCUT2D eigenvalue weighted by molar-refractivity contribution is -0.142. The number of hydrogen-bond donors (Lipinski definition) is 12. The van der Waals surface area contributed by atoms with Gasteiger partial charge in [0, 0.05) is 24.5 Å². The molecule has 0 bridgehead atoms. The number of nitrogens with one attached hydrogen (secondary N) is 4. The number of thiol groups is 2. The van der Waals surface area contributed by atoms with Crippen LogP contribution in [0.2, 0.25) is 0 Å². The van der Waals surface area contributed by atoms with Gasteiger partial charge in [-0.05, 0) is 26.2 Å². The van der Waals surface area contributed by atoms with Crippen LogP contribution in [0.1, 0.15) is 32.6 Å². The number of aliphatic hydroxyl groups excluding tert-OH is 1. The van der Waals surface area contributed by atoms with Gasteiger partial charge in [-0.15, -0.1) is 0 Å². The standard InChI is InChI=1S/C21H38N8O9S2/c1-9(30)15(19(36)28-13(8-40)20(37)38)29-18(35)12(4-5-14(31)32)27-17(34)11(3-2-6-25-21(23)24)26-16(33)10(22)7-39/h9-13,15,30,39-40H,2-8,22H2,1H3,(H,26,33)(H,27,34)(H,28,36)(H,29,35)(H,31,32)(H,37,38)(H4,23,24,25)/t9-,10+,11+,12+,13+,15+/m1/s1. The van der Waals surface area contributed by atoms with E-state index < -0.39 is 84.7 Å². The van der Waals surface area contributed by atoms with Gasteiger partial charge in [0.25, 0.3) is 0 Å². The Balaban J connectivity index is 5.85. The maximum Gasteiger partial charge on any atom is 0.327 e. The van der Waals surface area contributed by atoms with Crippen LogP contribution in [0, 0.1) is 0 Å². The summed E-state index contributed by atoms with van der Waals surface area (Å²) >= 11 is 7.77. The number of aliphatic carboxylic acids is 2. The zero-order valence-electron chi connectivity index (χ0n) is 21.8. The largest absolute Gasteiger partial charge is 0.481 e. The molecule has 0 aliphatic carbocycles. The van der Waals surface area contributed by atoms with Crippen LogP contribution in [0.15, 0.2) is 4.99 Å². The molecule has 6 atom stereocenters. The molecule has 0 aliphatic rings. The molecule has 228 valence electrons. The van der Waals surface area contributed by atoms with Crippen molar-refractivity contribution < 1.29 is 44.1 Å². The number of rotatable bonds is 19. The van der Waals surface area contributed by atoms with E-state index in [2.05, 4.69) is 51.5 Å². The van der Waals surface area contributed by atoms with E-state index in [1.807, 2.05) is 0 Å². The molecule has 0 saturated heterocycles. The number of nitrogens with two attached hydrogens (primary N) is 3. The van der Waals surface area contributed by atoms with E-state index in [0.717, 1.165) is 6.92 Å². The van der Waals surface area contributed by atoms with Crippen molar-refractivity contribution in [2.24, 2.45) is 22.2 Å². The molecule has 0 fully saturated rings. The number of carboxylic acid groups (broad SMARTS) is 2. The molecule has 13 N–H and O–H groups in total. The van der Waals surface area contributed by atoms with Crippen LogP contribution in [0.5, 0.6) is 0 Å². The molecule has 19 heteroatoms. The van der Waals surface area contributed by atoms with Gasteiger partial charge in [-0.3, -0.25) is 29.0 Å². The van der Waals surface area contributed by atoms with Crippen molar-refractivity contribution in [3.63, 3.8) is 0 Å². The van der Waals surface area contributed by atoms with Gasteiger partial charge < -0.3 is 53.8 Å². The lowest BCUT2D eigenvalue weighted by Gasteiger charge is -2.27. The van der Waals surface area contributed by atoms with E-state index in [9.17, 15) is 33.9 Å². The van der Waals surface area contributed by atoms with E-state index in [1.54, 1.807) is 0 Å². The molecular weight excluding hydrogens is 572 g/mol. The molecule has 40 heavy (non-hydrogen) atoms. The average molecular weight is 611 g/mol. The molecule has 0 unspecified atom stereocenters. The predicted octanol–water partition coefficient (Wildman–Crippen LogP) is -4.50. The van der Waals surface area contributed by atoms with Gasteiger partial charge in [-0.2, -0.15) is 25.3 Å². The number of aliphatic imine (C=N–C) groups is 1. The summed E-state index contributed by atoms with van der Waals surface area (Å²) in [6.07, 6.45) is -2.30. The number of hydrogen-bond acceptors (Lipinski definition) is 11. The summed E-state index contributed by atoms with van der Waals surface area (Å²) in [7, 11) is 0. The Labute approximate surface area is 241 Å². The number of nitrogens with zero attached hydrogens (tertiary/aromatic N) is 1. The normalized spacial score (nSPS) is 15.2. The number of carbonyl (C=O) groups excluding carboxylic acids is 4. The Bertz CT molecular complexity index is 934. The summed E-state index contributed by atoms with van der Waals surface area (Å²) in [4.78, 5) is 77.2. The molecule has 0 spiro atoms. The first-order valence-corrected chi connectivity index (χ1v) is 13.3. The number of aliphatic hydroxyl groups is 1. The summed E-state index contributed by atoms with van der Waals surface area (Å²) in [6.45, 7) is 1.26.